The summed E-state index contributed by atoms with van der Waals surface area (Å²) in [7, 11) is 1.65. The smallest absolute Gasteiger partial charge is 0.248 e. The molecule has 0 atom stereocenters. The first-order chi connectivity index (χ1) is 8.26. The van der Waals surface area contributed by atoms with Crippen molar-refractivity contribution in [2.75, 3.05) is 7.05 Å². The Morgan fingerprint density at radius 2 is 2.41 bits per heavy atom. The number of nitrogens with two attached hydrogens (primary N) is 1. The lowest BCUT2D eigenvalue weighted by Crippen LogP contribution is -2.04. The number of fused-ring (bicyclic) bond motifs is 1. The summed E-state index contributed by atoms with van der Waals surface area (Å²) in [6, 6.07) is 3.33. The summed E-state index contributed by atoms with van der Waals surface area (Å²) in [6.07, 6.45) is 6.36. The van der Waals surface area contributed by atoms with Crippen molar-refractivity contribution in [1.82, 2.24) is 9.97 Å². The third kappa shape index (κ3) is 2.08. The quantitative estimate of drug-likeness (QED) is 0.750. The zero-order valence-corrected chi connectivity index (χ0v) is 9.34. The van der Waals surface area contributed by atoms with Gasteiger partial charge in [0.2, 0.25) is 5.56 Å². The van der Waals surface area contributed by atoms with E-state index in [2.05, 4.69) is 15.0 Å². The molecule has 0 aliphatic heterocycles. The van der Waals surface area contributed by atoms with Crippen LogP contribution in [0.15, 0.2) is 40.5 Å². The molecule has 0 radical (unpaired) electrons. The minimum absolute atomic E-state index is 0.170. The van der Waals surface area contributed by atoms with Crippen LogP contribution in [0.1, 0.15) is 5.69 Å². The Kier molecular flexibility index (Phi) is 3.00. The SMILES string of the molecule is CN=CC(=CN)c1nccc2c[nH]c(=O)cc12. The van der Waals surface area contributed by atoms with Crippen LogP contribution in [-0.4, -0.2) is 23.2 Å². The van der Waals surface area contributed by atoms with Crippen LogP contribution in [0.25, 0.3) is 16.3 Å². The molecule has 17 heavy (non-hydrogen) atoms. The molecular weight excluding hydrogens is 216 g/mol. The van der Waals surface area contributed by atoms with Gasteiger partial charge in [-0.05, 0) is 6.07 Å². The van der Waals surface area contributed by atoms with Crippen LogP contribution in [0.5, 0.6) is 0 Å². The molecule has 2 aromatic heterocycles. The van der Waals surface area contributed by atoms with Gasteiger partial charge in [0.1, 0.15) is 0 Å². The van der Waals surface area contributed by atoms with Gasteiger partial charge in [0.05, 0.1) is 5.69 Å². The standard InChI is InChI=1S/C12H12N4O/c1-14-6-9(5-13)12-10-4-11(17)16-7-8(10)2-3-15-12/h2-7H,13H2,1H3,(H,16,17). The maximum Gasteiger partial charge on any atom is 0.248 e. The van der Waals surface area contributed by atoms with Gasteiger partial charge in [-0.3, -0.25) is 14.8 Å². The Morgan fingerprint density at radius 3 is 3.12 bits per heavy atom. The Hall–Kier alpha value is -2.43. The van der Waals surface area contributed by atoms with E-state index < -0.39 is 0 Å². The van der Waals surface area contributed by atoms with Crippen LogP contribution in [0.4, 0.5) is 0 Å². The average molecular weight is 228 g/mol. The van der Waals surface area contributed by atoms with E-state index in [4.69, 9.17) is 5.73 Å². The number of aromatic nitrogens is 2. The molecule has 0 aliphatic carbocycles. The summed E-state index contributed by atoms with van der Waals surface area (Å²) in [4.78, 5) is 22.1. The highest BCUT2D eigenvalue weighted by Crippen LogP contribution is 2.19. The van der Waals surface area contributed by atoms with Gasteiger partial charge in [-0.25, -0.2) is 0 Å². The average Bonchev–Trinajstić information content (AvgIpc) is 2.35. The van der Waals surface area contributed by atoms with Crippen LogP contribution in [0.2, 0.25) is 0 Å². The number of nitrogens with one attached hydrogen (secondary N) is 1. The molecule has 5 heteroatoms. The minimum Gasteiger partial charge on any atom is -0.404 e. The van der Waals surface area contributed by atoms with E-state index in [0.717, 1.165) is 10.8 Å². The molecule has 0 bridgehead atoms. The summed E-state index contributed by atoms with van der Waals surface area (Å²) in [5.41, 5.74) is 6.71. The van der Waals surface area contributed by atoms with E-state index >= 15 is 0 Å². The molecule has 2 heterocycles. The highest BCUT2D eigenvalue weighted by Gasteiger charge is 2.06. The summed E-state index contributed by atoms with van der Waals surface area (Å²) in [6.45, 7) is 0. The molecule has 0 amide bonds. The van der Waals surface area contributed by atoms with Crippen molar-refractivity contribution < 1.29 is 0 Å². The minimum atomic E-state index is -0.170. The van der Waals surface area contributed by atoms with E-state index in [1.165, 1.54) is 12.3 Å². The monoisotopic (exact) mass is 228 g/mol. The molecule has 86 valence electrons. The number of allylic oxidation sites excluding steroid dienone is 1. The van der Waals surface area contributed by atoms with Crippen LogP contribution < -0.4 is 11.3 Å². The third-order valence-corrected chi connectivity index (χ3v) is 2.39. The van der Waals surface area contributed by atoms with Gasteiger partial charge < -0.3 is 10.7 Å². The first-order valence-corrected chi connectivity index (χ1v) is 5.08. The van der Waals surface area contributed by atoms with Crippen molar-refractivity contribution in [2.45, 2.75) is 0 Å². The lowest BCUT2D eigenvalue weighted by Gasteiger charge is -2.04. The van der Waals surface area contributed by atoms with Gasteiger partial charge in [-0.15, -0.1) is 0 Å². The van der Waals surface area contributed by atoms with Gasteiger partial charge in [-0.2, -0.15) is 0 Å². The van der Waals surface area contributed by atoms with Crippen LogP contribution in [0.3, 0.4) is 0 Å². The molecule has 3 N–H and O–H groups in total. The molecule has 0 aromatic carbocycles. The van der Waals surface area contributed by atoms with Crippen LogP contribution >= 0.6 is 0 Å². The fourth-order valence-electron chi connectivity index (χ4n) is 1.64. The predicted octanol–water partition coefficient (Wildman–Crippen LogP) is 0.923. The van der Waals surface area contributed by atoms with Gasteiger partial charge >= 0.3 is 0 Å². The second-order valence-electron chi connectivity index (χ2n) is 3.47. The number of pyridine rings is 2. The Morgan fingerprint density at radius 1 is 1.59 bits per heavy atom. The van der Waals surface area contributed by atoms with E-state index in [9.17, 15) is 4.79 Å². The predicted molar refractivity (Wildman–Crippen MR) is 68.9 cm³/mol. The van der Waals surface area contributed by atoms with E-state index in [1.54, 1.807) is 25.7 Å². The third-order valence-electron chi connectivity index (χ3n) is 2.39. The normalized spacial score (nSPS) is 12.4. The van der Waals surface area contributed by atoms with Crippen LogP contribution in [0, 0.1) is 0 Å². The highest BCUT2D eigenvalue weighted by molar-refractivity contribution is 6.13. The van der Waals surface area contributed by atoms with Crippen LogP contribution in [-0.2, 0) is 0 Å². The van der Waals surface area contributed by atoms with E-state index in [1.807, 2.05) is 6.07 Å². The second kappa shape index (κ2) is 4.61. The maximum atomic E-state index is 11.3. The van der Waals surface area contributed by atoms with Crippen molar-refractivity contribution in [3.63, 3.8) is 0 Å². The zero-order valence-electron chi connectivity index (χ0n) is 9.34. The molecule has 0 saturated carbocycles. The lowest BCUT2D eigenvalue weighted by atomic mass is 10.1. The van der Waals surface area contributed by atoms with Crippen molar-refractivity contribution in [3.05, 3.63) is 46.8 Å². The topological polar surface area (TPSA) is 84.1 Å². The zero-order chi connectivity index (χ0) is 12.3. The maximum absolute atomic E-state index is 11.3. The first-order valence-electron chi connectivity index (χ1n) is 5.08. The molecule has 0 aliphatic rings. The Bertz CT molecular complexity index is 655. The number of H-pyrrole nitrogens is 1. The summed E-state index contributed by atoms with van der Waals surface area (Å²) >= 11 is 0. The van der Waals surface area contributed by atoms with Crippen molar-refractivity contribution in [1.29, 1.82) is 0 Å². The molecule has 0 fully saturated rings. The van der Waals surface area contributed by atoms with Crippen molar-refractivity contribution in [2.24, 2.45) is 10.7 Å². The highest BCUT2D eigenvalue weighted by atomic mass is 16.1. The molecule has 2 rings (SSSR count). The van der Waals surface area contributed by atoms with Crippen molar-refractivity contribution in [3.8, 4) is 0 Å². The largest absolute Gasteiger partial charge is 0.404 e. The number of hydrogen-bond donors (Lipinski definition) is 2. The van der Waals surface area contributed by atoms with Gasteiger partial charge in [0, 0.05) is 54.3 Å². The first kappa shape index (κ1) is 11.1. The van der Waals surface area contributed by atoms with E-state index in [0.29, 0.717) is 11.3 Å². The molecule has 0 saturated heterocycles. The molecule has 0 spiro atoms. The fraction of sp³-hybridized carbons (Fsp3) is 0.0833. The van der Waals surface area contributed by atoms with Gasteiger partial charge in [0.15, 0.2) is 0 Å². The Labute approximate surface area is 97.7 Å². The number of hydrogen-bond acceptors (Lipinski definition) is 4. The van der Waals surface area contributed by atoms with Crippen molar-refractivity contribution >= 4 is 22.6 Å². The number of aromatic amines is 1. The van der Waals surface area contributed by atoms with Gasteiger partial charge in [0.25, 0.3) is 0 Å². The number of rotatable bonds is 2. The summed E-state index contributed by atoms with van der Waals surface area (Å²) < 4.78 is 0. The number of aliphatic imine (C=N–C) groups is 1. The molecule has 5 nitrogen and oxygen atoms in total. The Balaban J connectivity index is 2.77. The van der Waals surface area contributed by atoms with E-state index in [-0.39, 0.29) is 5.56 Å². The lowest BCUT2D eigenvalue weighted by molar-refractivity contribution is 1.24. The summed E-state index contributed by atoms with van der Waals surface area (Å²) in [5.74, 6) is 0. The van der Waals surface area contributed by atoms with Gasteiger partial charge in [-0.1, -0.05) is 0 Å². The number of nitrogens with zero attached hydrogens (tertiary/aromatic N) is 2. The fourth-order valence-corrected chi connectivity index (χ4v) is 1.64. The molecule has 2 aromatic rings. The second-order valence-corrected chi connectivity index (χ2v) is 3.47. The summed E-state index contributed by atoms with van der Waals surface area (Å²) in [5, 5.41) is 1.66. The molecular formula is C12H12N4O. The molecule has 0 unspecified atom stereocenters.